The Morgan fingerprint density at radius 1 is 1.36 bits per heavy atom. The molecule has 5 heteroatoms. The monoisotopic (exact) mass is 344 g/mol. The van der Waals surface area contributed by atoms with E-state index in [2.05, 4.69) is 5.32 Å². The van der Waals surface area contributed by atoms with Crippen molar-refractivity contribution in [3.8, 4) is 0 Å². The SMILES string of the molecule is CC(c1ccccc1Cl)N(C)C(=O)CCC1CCNCC1.Cl. The van der Waals surface area contributed by atoms with Gasteiger partial charge < -0.3 is 10.2 Å². The van der Waals surface area contributed by atoms with Gasteiger partial charge in [0.25, 0.3) is 0 Å². The number of amides is 1. The number of hydrogen-bond donors (Lipinski definition) is 1. The molecule has 1 N–H and O–H groups in total. The summed E-state index contributed by atoms with van der Waals surface area (Å²) in [4.78, 5) is 14.2. The second-order valence-corrected chi connectivity index (χ2v) is 6.34. The molecule has 22 heavy (non-hydrogen) atoms. The summed E-state index contributed by atoms with van der Waals surface area (Å²) in [5.41, 5.74) is 1.01. The summed E-state index contributed by atoms with van der Waals surface area (Å²) in [5, 5.41) is 4.09. The Bertz CT molecular complexity index is 475. The molecule has 0 bridgehead atoms. The lowest BCUT2D eigenvalue weighted by Gasteiger charge is -2.28. The van der Waals surface area contributed by atoms with E-state index in [0.717, 1.165) is 30.1 Å². The first-order valence-corrected chi connectivity index (χ1v) is 8.18. The first-order valence-electron chi connectivity index (χ1n) is 7.80. The maximum atomic E-state index is 12.4. The molecule has 3 nitrogen and oxygen atoms in total. The summed E-state index contributed by atoms with van der Waals surface area (Å²) in [7, 11) is 1.87. The zero-order chi connectivity index (χ0) is 15.2. The van der Waals surface area contributed by atoms with Crippen LogP contribution in [0.25, 0.3) is 0 Å². The van der Waals surface area contributed by atoms with Crippen LogP contribution < -0.4 is 5.32 Å². The number of benzene rings is 1. The van der Waals surface area contributed by atoms with Crippen LogP contribution in [-0.2, 0) is 4.79 Å². The summed E-state index contributed by atoms with van der Waals surface area (Å²) in [6.07, 6.45) is 4.02. The van der Waals surface area contributed by atoms with Gasteiger partial charge in [0, 0.05) is 18.5 Å². The number of piperidine rings is 1. The zero-order valence-corrected chi connectivity index (χ0v) is 14.9. The van der Waals surface area contributed by atoms with Crippen LogP contribution in [0.1, 0.15) is 44.2 Å². The number of nitrogens with one attached hydrogen (secondary N) is 1. The maximum Gasteiger partial charge on any atom is 0.222 e. The molecule has 1 fully saturated rings. The van der Waals surface area contributed by atoms with Crippen LogP contribution in [0, 0.1) is 5.92 Å². The van der Waals surface area contributed by atoms with E-state index in [1.165, 1.54) is 12.8 Å². The van der Waals surface area contributed by atoms with Gasteiger partial charge in [0.1, 0.15) is 0 Å². The molecular weight excluding hydrogens is 319 g/mol. The van der Waals surface area contributed by atoms with Crippen molar-refractivity contribution in [2.24, 2.45) is 5.92 Å². The molecule has 1 aromatic rings. The van der Waals surface area contributed by atoms with Gasteiger partial charge in [-0.3, -0.25) is 4.79 Å². The molecule has 1 aliphatic heterocycles. The van der Waals surface area contributed by atoms with Crippen LogP contribution in [-0.4, -0.2) is 30.9 Å². The zero-order valence-electron chi connectivity index (χ0n) is 13.3. The second kappa shape index (κ2) is 9.39. The summed E-state index contributed by atoms with van der Waals surface area (Å²) in [6.45, 7) is 4.21. The minimum Gasteiger partial charge on any atom is -0.339 e. The van der Waals surface area contributed by atoms with E-state index in [-0.39, 0.29) is 24.4 Å². The van der Waals surface area contributed by atoms with Gasteiger partial charge >= 0.3 is 0 Å². The molecule has 124 valence electrons. The molecule has 1 saturated heterocycles. The highest BCUT2D eigenvalue weighted by Gasteiger charge is 2.21. The van der Waals surface area contributed by atoms with Crippen LogP contribution in [0.4, 0.5) is 0 Å². The van der Waals surface area contributed by atoms with Gasteiger partial charge in [0.2, 0.25) is 5.91 Å². The highest BCUT2D eigenvalue weighted by atomic mass is 35.5. The Balaban J connectivity index is 0.00000242. The van der Waals surface area contributed by atoms with Crippen molar-refractivity contribution in [2.75, 3.05) is 20.1 Å². The first-order chi connectivity index (χ1) is 10.1. The third-order valence-corrected chi connectivity index (χ3v) is 4.90. The van der Waals surface area contributed by atoms with Crippen LogP contribution in [0.2, 0.25) is 5.02 Å². The minimum absolute atomic E-state index is 0. The van der Waals surface area contributed by atoms with Gasteiger partial charge in [-0.1, -0.05) is 29.8 Å². The van der Waals surface area contributed by atoms with Gasteiger partial charge in [0.15, 0.2) is 0 Å². The van der Waals surface area contributed by atoms with Crippen molar-refractivity contribution >= 4 is 29.9 Å². The van der Waals surface area contributed by atoms with Gasteiger partial charge in [-0.25, -0.2) is 0 Å². The normalized spacial score (nSPS) is 16.7. The molecule has 1 aliphatic rings. The van der Waals surface area contributed by atoms with E-state index in [9.17, 15) is 4.79 Å². The van der Waals surface area contributed by atoms with Crippen molar-refractivity contribution < 1.29 is 4.79 Å². The van der Waals surface area contributed by atoms with E-state index in [1.54, 1.807) is 0 Å². The van der Waals surface area contributed by atoms with E-state index in [4.69, 9.17) is 11.6 Å². The molecule has 0 spiro atoms. The van der Waals surface area contributed by atoms with E-state index >= 15 is 0 Å². The third-order valence-electron chi connectivity index (χ3n) is 4.55. The summed E-state index contributed by atoms with van der Waals surface area (Å²) < 4.78 is 0. The van der Waals surface area contributed by atoms with Gasteiger partial charge in [-0.05, 0) is 56.8 Å². The van der Waals surface area contributed by atoms with Crippen molar-refractivity contribution in [3.63, 3.8) is 0 Å². The van der Waals surface area contributed by atoms with Crippen LogP contribution in [0.15, 0.2) is 24.3 Å². The molecule has 0 saturated carbocycles. The first kappa shape index (κ1) is 19.3. The number of hydrogen-bond acceptors (Lipinski definition) is 2. The molecule has 0 aliphatic carbocycles. The lowest BCUT2D eigenvalue weighted by Crippen LogP contribution is -2.31. The van der Waals surface area contributed by atoms with Crippen molar-refractivity contribution in [2.45, 2.75) is 38.6 Å². The molecule has 2 rings (SSSR count). The number of carbonyl (C=O) groups is 1. The van der Waals surface area contributed by atoms with Crippen molar-refractivity contribution in [3.05, 3.63) is 34.9 Å². The largest absolute Gasteiger partial charge is 0.339 e. The maximum absolute atomic E-state index is 12.4. The molecule has 1 aromatic carbocycles. The fourth-order valence-corrected chi connectivity index (χ4v) is 3.21. The van der Waals surface area contributed by atoms with Gasteiger partial charge in [0.05, 0.1) is 6.04 Å². The minimum atomic E-state index is 0. The average molecular weight is 345 g/mol. The standard InChI is InChI=1S/C17H25ClN2O.ClH/c1-13(15-5-3-4-6-16(15)18)20(2)17(21)8-7-14-9-11-19-12-10-14;/h3-6,13-14,19H,7-12H2,1-2H3;1H. The smallest absolute Gasteiger partial charge is 0.222 e. The lowest BCUT2D eigenvalue weighted by atomic mass is 9.93. The Kier molecular flexibility index (Phi) is 8.23. The number of halogens is 2. The summed E-state index contributed by atoms with van der Waals surface area (Å²) >= 11 is 6.22. The molecule has 0 radical (unpaired) electrons. The molecule has 1 amide bonds. The van der Waals surface area contributed by atoms with Crippen LogP contribution in [0.3, 0.4) is 0 Å². The highest BCUT2D eigenvalue weighted by Crippen LogP contribution is 2.27. The Morgan fingerprint density at radius 2 is 2.00 bits per heavy atom. The second-order valence-electron chi connectivity index (χ2n) is 5.93. The van der Waals surface area contributed by atoms with E-state index in [0.29, 0.717) is 12.3 Å². The fourth-order valence-electron chi connectivity index (χ4n) is 2.91. The predicted octanol–water partition coefficient (Wildman–Crippen LogP) is 4.06. The van der Waals surface area contributed by atoms with Gasteiger partial charge in [-0.2, -0.15) is 0 Å². The van der Waals surface area contributed by atoms with Crippen LogP contribution >= 0.6 is 24.0 Å². The van der Waals surface area contributed by atoms with Crippen LogP contribution in [0.5, 0.6) is 0 Å². The van der Waals surface area contributed by atoms with Crippen molar-refractivity contribution in [1.29, 1.82) is 0 Å². The van der Waals surface area contributed by atoms with Gasteiger partial charge in [-0.15, -0.1) is 12.4 Å². The molecular formula is C17H26Cl2N2O. The predicted molar refractivity (Wildman–Crippen MR) is 94.7 cm³/mol. The van der Waals surface area contributed by atoms with E-state index in [1.807, 2.05) is 43.1 Å². The molecule has 1 unspecified atom stereocenters. The number of rotatable bonds is 5. The van der Waals surface area contributed by atoms with Crippen molar-refractivity contribution in [1.82, 2.24) is 10.2 Å². The molecule has 1 heterocycles. The average Bonchev–Trinajstić information content (AvgIpc) is 2.52. The lowest BCUT2D eigenvalue weighted by molar-refractivity contribution is -0.132. The molecule has 0 aromatic heterocycles. The quantitative estimate of drug-likeness (QED) is 0.873. The highest BCUT2D eigenvalue weighted by molar-refractivity contribution is 6.31. The Labute approximate surface area is 144 Å². The third kappa shape index (κ3) is 5.15. The molecule has 1 atom stereocenters. The summed E-state index contributed by atoms with van der Waals surface area (Å²) in [5.74, 6) is 0.903. The summed E-state index contributed by atoms with van der Waals surface area (Å²) in [6, 6.07) is 7.76. The number of carbonyl (C=O) groups excluding carboxylic acids is 1. The number of nitrogens with zero attached hydrogens (tertiary/aromatic N) is 1. The Morgan fingerprint density at radius 3 is 2.64 bits per heavy atom. The Hall–Kier alpha value is -0.770. The topological polar surface area (TPSA) is 32.3 Å². The van der Waals surface area contributed by atoms with E-state index < -0.39 is 0 Å². The fraction of sp³-hybridized carbons (Fsp3) is 0.588.